The standard InChI is InChI=1S/C14H20ClNO2S/c1-11(12-5-3-2-4-6-12)16-19(17,18)14-9-7-13(15)8-10-14/h7-12,16H,2-6H2,1H3. The molecular weight excluding hydrogens is 282 g/mol. The molecule has 0 bridgehead atoms. The van der Waals surface area contributed by atoms with Crippen molar-refractivity contribution in [3.05, 3.63) is 29.3 Å². The topological polar surface area (TPSA) is 46.2 Å². The van der Waals surface area contributed by atoms with E-state index < -0.39 is 10.0 Å². The Hall–Kier alpha value is -0.580. The molecule has 0 amide bonds. The number of halogens is 1. The SMILES string of the molecule is CC(NS(=O)(=O)c1ccc(Cl)cc1)C1CCCCC1. The fraction of sp³-hybridized carbons (Fsp3) is 0.571. The molecule has 0 saturated heterocycles. The molecule has 5 heteroatoms. The highest BCUT2D eigenvalue weighted by Crippen LogP contribution is 2.27. The highest BCUT2D eigenvalue weighted by atomic mass is 35.5. The molecule has 1 aromatic carbocycles. The lowest BCUT2D eigenvalue weighted by Gasteiger charge is -2.28. The zero-order valence-electron chi connectivity index (χ0n) is 11.1. The highest BCUT2D eigenvalue weighted by Gasteiger charge is 2.24. The van der Waals surface area contributed by atoms with E-state index in [1.165, 1.54) is 31.4 Å². The molecule has 0 heterocycles. The van der Waals surface area contributed by atoms with Gasteiger partial charge in [0.1, 0.15) is 0 Å². The van der Waals surface area contributed by atoms with Crippen molar-refractivity contribution in [1.82, 2.24) is 4.72 Å². The van der Waals surface area contributed by atoms with Crippen molar-refractivity contribution in [3.63, 3.8) is 0 Å². The van der Waals surface area contributed by atoms with Gasteiger partial charge in [-0.2, -0.15) is 0 Å². The molecule has 106 valence electrons. The number of hydrogen-bond acceptors (Lipinski definition) is 2. The summed E-state index contributed by atoms with van der Waals surface area (Å²) in [5.41, 5.74) is 0. The third-order valence-electron chi connectivity index (χ3n) is 3.82. The summed E-state index contributed by atoms with van der Waals surface area (Å²) in [6.07, 6.45) is 5.91. The van der Waals surface area contributed by atoms with Gasteiger partial charge in [0.2, 0.25) is 10.0 Å². The molecule has 0 radical (unpaired) electrons. The van der Waals surface area contributed by atoms with E-state index in [1.807, 2.05) is 6.92 Å². The van der Waals surface area contributed by atoms with Gasteiger partial charge in [0.05, 0.1) is 4.90 Å². The van der Waals surface area contributed by atoms with Crippen LogP contribution in [0.25, 0.3) is 0 Å². The predicted molar refractivity (Wildman–Crippen MR) is 77.8 cm³/mol. The van der Waals surface area contributed by atoms with Gasteiger partial charge in [-0.15, -0.1) is 0 Å². The molecule has 0 aromatic heterocycles. The van der Waals surface area contributed by atoms with E-state index in [-0.39, 0.29) is 10.9 Å². The lowest BCUT2D eigenvalue weighted by molar-refractivity contribution is 0.303. The van der Waals surface area contributed by atoms with Crippen LogP contribution in [0.4, 0.5) is 0 Å². The Morgan fingerprint density at radius 1 is 1.16 bits per heavy atom. The zero-order valence-corrected chi connectivity index (χ0v) is 12.7. The molecule has 1 N–H and O–H groups in total. The fourth-order valence-corrected chi connectivity index (χ4v) is 4.10. The van der Waals surface area contributed by atoms with Gasteiger partial charge in [0.15, 0.2) is 0 Å². The van der Waals surface area contributed by atoms with Crippen molar-refractivity contribution in [2.24, 2.45) is 5.92 Å². The maximum Gasteiger partial charge on any atom is 0.240 e. The van der Waals surface area contributed by atoms with E-state index in [1.54, 1.807) is 12.1 Å². The smallest absolute Gasteiger partial charge is 0.208 e. The molecule has 1 unspecified atom stereocenters. The quantitative estimate of drug-likeness (QED) is 0.924. The molecule has 1 aliphatic rings. The van der Waals surface area contributed by atoms with Crippen molar-refractivity contribution >= 4 is 21.6 Å². The van der Waals surface area contributed by atoms with Crippen LogP contribution in [0.5, 0.6) is 0 Å². The van der Waals surface area contributed by atoms with Gasteiger partial charge >= 0.3 is 0 Å². The van der Waals surface area contributed by atoms with E-state index in [0.717, 1.165) is 12.8 Å². The average Bonchev–Trinajstić information content (AvgIpc) is 2.40. The predicted octanol–water partition coefficient (Wildman–Crippen LogP) is 3.59. The molecule has 0 aliphatic heterocycles. The number of sulfonamides is 1. The second-order valence-corrected chi connectivity index (χ2v) is 7.41. The average molecular weight is 302 g/mol. The molecule has 3 nitrogen and oxygen atoms in total. The molecule has 1 atom stereocenters. The number of nitrogens with one attached hydrogen (secondary N) is 1. The maximum absolute atomic E-state index is 12.2. The van der Waals surface area contributed by atoms with E-state index in [9.17, 15) is 8.42 Å². The Bertz CT molecular complexity index is 507. The first-order valence-electron chi connectivity index (χ1n) is 6.77. The van der Waals surface area contributed by atoms with E-state index >= 15 is 0 Å². The number of benzene rings is 1. The van der Waals surface area contributed by atoms with Crippen LogP contribution in [0.15, 0.2) is 29.2 Å². The minimum atomic E-state index is -3.43. The zero-order chi connectivity index (χ0) is 13.9. The van der Waals surface area contributed by atoms with Crippen LogP contribution in [0.3, 0.4) is 0 Å². The summed E-state index contributed by atoms with van der Waals surface area (Å²) in [6.45, 7) is 1.96. The molecule has 1 aliphatic carbocycles. The van der Waals surface area contributed by atoms with E-state index in [4.69, 9.17) is 11.6 Å². The lowest BCUT2D eigenvalue weighted by atomic mass is 9.85. The van der Waals surface area contributed by atoms with Gasteiger partial charge in [-0.25, -0.2) is 13.1 Å². The summed E-state index contributed by atoms with van der Waals surface area (Å²) in [6, 6.07) is 6.26. The van der Waals surface area contributed by atoms with E-state index in [2.05, 4.69) is 4.72 Å². The van der Waals surface area contributed by atoms with Crippen molar-refractivity contribution in [2.75, 3.05) is 0 Å². The van der Waals surface area contributed by atoms with Crippen molar-refractivity contribution in [1.29, 1.82) is 0 Å². The highest BCUT2D eigenvalue weighted by molar-refractivity contribution is 7.89. The van der Waals surface area contributed by atoms with Gasteiger partial charge in [0, 0.05) is 11.1 Å². The largest absolute Gasteiger partial charge is 0.240 e. The van der Waals surface area contributed by atoms with Crippen LogP contribution < -0.4 is 4.72 Å². The van der Waals surface area contributed by atoms with Crippen LogP contribution in [-0.2, 0) is 10.0 Å². The van der Waals surface area contributed by atoms with Crippen molar-refractivity contribution in [2.45, 2.75) is 50.0 Å². The second kappa shape index (κ2) is 6.25. The third kappa shape index (κ3) is 3.94. The first-order chi connectivity index (χ1) is 8.99. The molecule has 1 fully saturated rings. The Balaban J connectivity index is 2.05. The van der Waals surface area contributed by atoms with Crippen LogP contribution >= 0.6 is 11.6 Å². The molecule has 1 saturated carbocycles. The van der Waals surface area contributed by atoms with Crippen LogP contribution in [0.2, 0.25) is 5.02 Å². The monoisotopic (exact) mass is 301 g/mol. The van der Waals surface area contributed by atoms with Crippen molar-refractivity contribution < 1.29 is 8.42 Å². The molecular formula is C14H20ClNO2S. The summed E-state index contributed by atoms with van der Waals surface area (Å²) < 4.78 is 27.3. The lowest BCUT2D eigenvalue weighted by Crippen LogP contribution is -2.38. The first-order valence-corrected chi connectivity index (χ1v) is 8.63. The van der Waals surface area contributed by atoms with Crippen molar-refractivity contribution in [3.8, 4) is 0 Å². The minimum absolute atomic E-state index is 0.0130. The summed E-state index contributed by atoms with van der Waals surface area (Å²) in [5.74, 6) is 0.454. The van der Waals surface area contributed by atoms with Crippen LogP contribution in [0.1, 0.15) is 39.0 Å². The Labute approximate surface area is 120 Å². The van der Waals surface area contributed by atoms with Crippen LogP contribution in [0, 0.1) is 5.92 Å². The Kier molecular flexibility index (Phi) is 4.87. The second-order valence-electron chi connectivity index (χ2n) is 5.26. The van der Waals surface area contributed by atoms with E-state index in [0.29, 0.717) is 10.9 Å². The van der Waals surface area contributed by atoms with Gasteiger partial charge in [0.25, 0.3) is 0 Å². The maximum atomic E-state index is 12.2. The molecule has 1 aromatic rings. The van der Waals surface area contributed by atoms with Gasteiger partial charge in [-0.3, -0.25) is 0 Å². The summed E-state index contributed by atoms with van der Waals surface area (Å²) >= 11 is 5.77. The van der Waals surface area contributed by atoms with Gasteiger partial charge in [-0.1, -0.05) is 30.9 Å². The van der Waals surface area contributed by atoms with Gasteiger partial charge in [-0.05, 0) is 49.9 Å². The first kappa shape index (κ1) is 14.8. The number of hydrogen-bond donors (Lipinski definition) is 1. The molecule has 19 heavy (non-hydrogen) atoms. The Morgan fingerprint density at radius 3 is 2.32 bits per heavy atom. The summed E-state index contributed by atoms with van der Waals surface area (Å²) in [4.78, 5) is 0.277. The molecule has 0 spiro atoms. The minimum Gasteiger partial charge on any atom is -0.208 e. The number of rotatable bonds is 4. The van der Waals surface area contributed by atoms with Crippen LogP contribution in [-0.4, -0.2) is 14.5 Å². The summed E-state index contributed by atoms with van der Waals surface area (Å²) in [7, 11) is -3.43. The normalized spacial score (nSPS) is 19.3. The van der Waals surface area contributed by atoms with Gasteiger partial charge < -0.3 is 0 Å². The molecule has 2 rings (SSSR count). The Morgan fingerprint density at radius 2 is 1.74 bits per heavy atom. The fourth-order valence-electron chi connectivity index (χ4n) is 2.66. The summed E-state index contributed by atoms with van der Waals surface area (Å²) in [5, 5.41) is 0.541. The third-order valence-corrected chi connectivity index (χ3v) is 5.65.